The molecule has 0 aliphatic heterocycles. The molecular weight excluding hydrogens is 621 g/mol. The van der Waals surface area contributed by atoms with Crippen LogP contribution in [0.5, 0.6) is 0 Å². The molecule has 0 amide bonds. The third-order valence-corrected chi connectivity index (χ3v) is 10.5. The Balaban J connectivity index is 1.16. The van der Waals surface area contributed by atoms with E-state index in [2.05, 4.69) is 179 Å². The summed E-state index contributed by atoms with van der Waals surface area (Å²) in [4.78, 5) is 0. The molecule has 3 heteroatoms. The molecule has 11 rings (SSSR count). The maximum Gasteiger partial charge on any atom is 0.143 e. The number of rotatable bonds is 4. The highest BCUT2D eigenvalue weighted by Gasteiger charge is 2.21. The molecule has 11 aromatic rings. The monoisotopic (exact) mass is 650 g/mol. The molecule has 3 nitrogen and oxygen atoms in total. The molecule has 3 heterocycles. The van der Waals surface area contributed by atoms with Crippen LogP contribution in [0.2, 0.25) is 0 Å². The molecule has 0 fully saturated rings. The van der Waals surface area contributed by atoms with Gasteiger partial charge < -0.3 is 13.6 Å². The molecule has 0 N–H and O–H groups in total. The molecular formula is C48H30N2O. The molecule has 3 aromatic heterocycles. The van der Waals surface area contributed by atoms with Crippen molar-refractivity contribution < 1.29 is 4.42 Å². The van der Waals surface area contributed by atoms with Crippen LogP contribution in [0.3, 0.4) is 0 Å². The number of aromatic nitrogens is 2. The molecule has 0 bridgehead atoms. The second-order valence-corrected chi connectivity index (χ2v) is 13.3. The van der Waals surface area contributed by atoms with E-state index in [1.807, 2.05) is 12.1 Å². The lowest BCUT2D eigenvalue weighted by atomic mass is 10.0. The van der Waals surface area contributed by atoms with E-state index < -0.39 is 0 Å². The van der Waals surface area contributed by atoms with Crippen LogP contribution >= 0.6 is 0 Å². The lowest BCUT2D eigenvalue weighted by Crippen LogP contribution is -1.95. The Morgan fingerprint density at radius 2 is 1.02 bits per heavy atom. The summed E-state index contributed by atoms with van der Waals surface area (Å²) in [6.45, 7) is 0. The van der Waals surface area contributed by atoms with Crippen molar-refractivity contribution in [2.75, 3.05) is 0 Å². The molecule has 0 unspecified atom stereocenters. The quantitative estimate of drug-likeness (QED) is 0.186. The smallest absolute Gasteiger partial charge is 0.143 e. The number of fused-ring (bicyclic) bond motifs is 10. The maximum absolute atomic E-state index is 6.39. The molecule has 238 valence electrons. The van der Waals surface area contributed by atoms with E-state index in [0.717, 1.165) is 44.4 Å². The average molecular weight is 651 g/mol. The van der Waals surface area contributed by atoms with Crippen molar-refractivity contribution in [3.63, 3.8) is 0 Å². The first-order chi connectivity index (χ1) is 25.3. The van der Waals surface area contributed by atoms with Crippen LogP contribution in [0.1, 0.15) is 0 Å². The Hall–Kier alpha value is -6.84. The lowest BCUT2D eigenvalue weighted by Gasteiger charge is -2.11. The van der Waals surface area contributed by atoms with E-state index in [9.17, 15) is 0 Å². The minimum absolute atomic E-state index is 0.914. The number of para-hydroxylation sites is 4. The Labute approximate surface area is 293 Å². The van der Waals surface area contributed by atoms with Gasteiger partial charge in [0, 0.05) is 49.3 Å². The van der Waals surface area contributed by atoms with Gasteiger partial charge in [-0.15, -0.1) is 0 Å². The van der Waals surface area contributed by atoms with E-state index in [1.165, 1.54) is 54.7 Å². The predicted molar refractivity (Wildman–Crippen MR) is 213 cm³/mol. The highest BCUT2D eigenvalue weighted by atomic mass is 16.3. The topological polar surface area (TPSA) is 23.0 Å². The van der Waals surface area contributed by atoms with Gasteiger partial charge in [0.2, 0.25) is 0 Å². The van der Waals surface area contributed by atoms with Crippen LogP contribution in [0, 0.1) is 0 Å². The lowest BCUT2D eigenvalue weighted by molar-refractivity contribution is 0.670. The fraction of sp³-hybridized carbons (Fsp3) is 0. The summed E-state index contributed by atoms with van der Waals surface area (Å²) in [6.07, 6.45) is 0. The summed E-state index contributed by atoms with van der Waals surface area (Å²) >= 11 is 0. The number of hydrogen-bond donors (Lipinski definition) is 0. The van der Waals surface area contributed by atoms with Gasteiger partial charge in [-0.25, -0.2) is 0 Å². The first-order valence-corrected chi connectivity index (χ1v) is 17.4. The molecule has 0 saturated carbocycles. The number of nitrogens with zero attached hydrogens (tertiary/aromatic N) is 2. The van der Waals surface area contributed by atoms with Gasteiger partial charge in [-0.05, 0) is 65.2 Å². The van der Waals surface area contributed by atoms with E-state index >= 15 is 0 Å². The number of hydrogen-bond acceptors (Lipinski definition) is 1. The van der Waals surface area contributed by atoms with Gasteiger partial charge in [-0.1, -0.05) is 133 Å². The molecule has 51 heavy (non-hydrogen) atoms. The molecule has 0 spiro atoms. The van der Waals surface area contributed by atoms with Crippen molar-refractivity contribution in [3.8, 4) is 33.6 Å². The van der Waals surface area contributed by atoms with Crippen LogP contribution in [-0.4, -0.2) is 9.13 Å². The van der Waals surface area contributed by atoms with Crippen molar-refractivity contribution in [1.82, 2.24) is 9.13 Å². The van der Waals surface area contributed by atoms with Gasteiger partial charge in [0.15, 0.2) is 0 Å². The third kappa shape index (κ3) is 4.12. The summed E-state index contributed by atoms with van der Waals surface area (Å²) in [7, 11) is 0. The van der Waals surface area contributed by atoms with Crippen LogP contribution < -0.4 is 0 Å². The molecule has 0 aliphatic rings. The fourth-order valence-corrected chi connectivity index (χ4v) is 8.25. The normalized spacial score (nSPS) is 11.9. The molecule has 0 radical (unpaired) electrons. The Morgan fingerprint density at radius 1 is 0.353 bits per heavy atom. The van der Waals surface area contributed by atoms with Crippen LogP contribution in [0.15, 0.2) is 186 Å². The first-order valence-electron chi connectivity index (χ1n) is 17.4. The SMILES string of the molecule is c1ccc(-c2ccc3c4ccc5c(c6ccccc6n5-c5ccc(-c6cccc7c6oc6ccccc67)cc5)c4n(-c4ccccc4)c3c2)cc1. The van der Waals surface area contributed by atoms with Gasteiger partial charge in [0.25, 0.3) is 0 Å². The molecule has 0 saturated heterocycles. The second-order valence-electron chi connectivity index (χ2n) is 13.3. The predicted octanol–water partition coefficient (Wildman–Crippen LogP) is 13.1. The standard InChI is InChI=1S/C48H30N2O/c1-3-12-31(13-4-1)33-24-27-37-39-28-29-43-46(47(39)50(44(37)30-33)34-14-5-2-6-15-34)41-17-7-9-20-42(41)49(43)35-25-22-32(23-26-35)36-18-11-19-40-38-16-8-10-21-45(38)51-48(36)40/h1-30H. The van der Waals surface area contributed by atoms with E-state index in [4.69, 9.17) is 4.42 Å². The minimum Gasteiger partial charge on any atom is -0.455 e. The Bertz CT molecular complexity index is 3110. The van der Waals surface area contributed by atoms with Crippen molar-refractivity contribution in [3.05, 3.63) is 182 Å². The van der Waals surface area contributed by atoms with E-state index in [1.54, 1.807) is 0 Å². The summed E-state index contributed by atoms with van der Waals surface area (Å²) in [5.41, 5.74) is 13.5. The van der Waals surface area contributed by atoms with Crippen molar-refractivity contribution in [2.24, 2.45) is 0 Å². The molecule has 0 aliphatic carbocycles. The summed E-state index contributed by atoms with van der Waals surface area (Å²) in [6, 6.07) is 65.4. The fourth-order valence-electron chi connectivity index (χ4n) is 8.25. The van der Waals surface area contributed by atoms with Crippen LogP contribution in [-0.2, 0) is 0 Å². The average Bonchev–Trinajstić information content (AvgIpc) is 3.86. The summed E-state index contributed by atoms with van der Waals surface area (Å²) < 4.78 is 11.3. The summed E-state index contributed by atoms with van der Waals surface area (Å²) in [5, 5.41) is 7.27. The van der Waals surface area contributed by atoms with E-state index in [0.29, 0.717) is 0 Å². The highest BCUT2D eigenvalue weighted by Crippen LogP contribution is 2.43. The zero-order valence-corrected chi connectivity index (χ0v) is 27.6. The second kappa shape index (κ2) is 10.8. The zero-order chi connectivity index (χ0) is 33.5. The number of furan rings is 1. The third-order valence-electron chi connectivity index (χ3n) is 10.5. The van der Waals surface area contributed by atoms with Gasteiger partial charge in [-0.2, -0.15) is 0 Å². The van der Waals surface area contributed by atoms with Gasteiger partial charge in [0.1, 0.15) is 11.2 Å². The largest absolute Gasteiger partial charge is 0.455 e. The van der Waals surface area contributed by atoms with E-state index in [-0.39, 0.29) is 0 Å². The van der Waals surface area contributed by atoms with Crippen molar-refractivity contribution in [1.29, 1.82) is 0 Å². The number of benzene rings is 8. The maximum atomic E-state index is 6.39. The Morgan fingerprint density at radius 3 is 1.86 bits per heavy atom. The molecule has 8 aromatic carbocycles. The van der Waals surface area contributed by atoms with Gasteiger partial charge in [-0.3, -0.25) is 0 Å². The Kier molecular flexibility index (Phi) is 5.96. The van der Waals surface area contributed by atoms with Crippen molar-refractivity contribution in [2.45, 2.75) is 0 Å². The van der Waals surface area contributed by atoms with Crippen LogP contribution in [0.4, 0.5) is 0 Å². The highest BCUT2D eigenvalue weighted by molar-refractivity contribution is 6.26. The van der Waals surface area contributed by atoms with Gasteiger partial charge in [0.05, 0.1) is 22.1 Å². The minimum atomic E-state index is 0.914. The summed E-state index contributed by atoms with van der Waals surface area (Å²) in [5.74, 6) is 0. The zero-order valence-electron chi connectivity index (χ0n) is 27.6. The van der Waals surface area contributed by atoms with Gasteiger partial charge >= 0.3 is 0 Å². The first kappa shape index (κ1) is 28.0. The molecule has 0 atom stereocenters. The van der Waals surface area contributed by atoms with Crippen molar-refractivity contribution >= 4 is 65.6 Å². The van der Waals surface area contributed by atoms with Crippen LogP contribution in [0.25, 0.3) is 99.2 Å².